The van der Waals surface area contributed by atoms with Gasteiger partial charge in [-0.3, -0.25) is 4.55 Å². The summed E-state index contributed by atoms with van der Waals surface area (Å²) in [5, 5.41) is 11.6. The lowest BCUT2D eigenvalue weighted by Crippen LogP contribution is -2.16. The first-order valence-electron chi connectivity index (χ1n) is 13.1. The molecule has 0 spiro atoms. The third kappa shape index (κ3) is 4.41. The normalized spacial score (nSPS) is 12.5. The number of phenolic OH excluding ortho intramolecular Hbond substituents is 1. The van der Waals surface area contributed by atoms with Crippen LogP contribution in [0, 0.1) is 0 Å². The molecule has 230 valence electrons. The molecule has 0 aliphatic carbocycles. The van der Waals surface area contributed by atoms with Gasteiger partial charge in [-0.25, -0.2) is 4.79 Å². The molecule has 0 fully saturated rings. The molecule has 3 aromatic carbocycles. The Hall–Kier alpha value is -5.08. The zero-order valence-corrected chi connectivity index (χ0v) is 25.0. The van der Waals surface area contributed by atoms with Gasteiger partial charge in [-0.2, -0.15) is 8.42 Å². The van der Waals surface area contributed by atoms with Crippen LogP contribution < -0.4 is 33.5 Å². The highest BCUT2D eigenvalue weighted by Crippen LogP contribution is 2.53. The van der Waals surface area contributed by atoms with Gasteiger partial charge < -0.3 is 42.0 Å². The number of phenols is 1. The Morgan fingerprint density at radius 2 is 1.55 bits per heavy atom. The summed E-state index contributed by atoms with van der Waals surface area (Å²) in [6.07, 6.45) is 0.463. The Bertz CT molecular complexity index is 2150. The van der Waals surface area contributed by atoms with Crippen molar-refractivity contribution in [3.05, 3.63) is 52.4 Å². The zero-order valence-electron chi connectivity index (χ0n) is 24.2. The quantitative estimate of drug-likeness (QED) is 0.183. The molecular formula is C30H27NO12S. The van der Waals surface area contributed by atoms with Gasteiger partial charge in [0.05, 0.1) is 41.2 Å². The number of nitrogens with zero attached hydrogens (tertiary/aromatic N) is 1. The highest BCUT2D eigenvalue weighted by atomic mass is 32.3. The lowest BCUT2D eigenvalue weighted by molar-refractivity contribution is 0.321. The van der Waals surface area contributed by atoms with Crippen LogP contribution in [0.2, 0.25) is 0 Å². The van der Waals surface area contributed by atoms with E-state index >= 15 is 0 Å². The van der Waals surface area contributed by atoms with Crippen LogP contribution in [-0.2, 0) is 23.4 Å². The number of aromatic nitrogens is 1. The first-order chi connectivity index (χ1) is 21.0. The fourth-order valence-electron chi connectivity index (χ4n) is 5.93. The van der Waals surface area contributed by atoms with Crippen LogP contribution in [0.5, 0.6) is 40.2 Å². The second-order valence-corrected chi connectivity index (χ2v) is 10.8. The van der Waals surface area contributed by atoms with Crippen molar-refractivity contribution in [1.29, 1.82) is 0 Å². The number of rotatable bonds is 8. The van der Waals surface area contributed by atoms with Gasteiger partial charge in [0, 0.05) is 40.1 Å². The summed E-state index contributed by atoms with van der Waals surface area (Å²) in [7, 11) is 2.36. The highest BCUT2D eigenvalue weighted by Gasteiger charge is 2.33. The molecule has 0 bridgehead atoms. The summed E-state index contributed by atoms with van der Waals surface area (Å²) in [4.78, 5) is 13.7. The second-order valence-electron chi connectivity index (χ2n) is 9.81. The Kier molecular flexibility index (Phi) is 6.97. The van der Waals surface area contributed by atoms with E-state index < -0.39 is 16.0 Å². The minimum Gasteiger partial charge on any atom is -0.504 e. The van der Waals surface area contributed by atoms with E-state index in [4.69, 9.17) is 28.1 Å². The molecule has 13 nitrogen and oxygen atoms in total. The highest BCUT2D eigenvalue weighted by molar-refractivity contribution is 7.81. The van der Waals surface area contributed by atoms with Gasteiger partial charge >= 0.3 is 16.0 Å². The summed E-state index contributed by atoms with van der Waals surface area (Å²) in [5.41, 5.74) is 2.69. The molecule has 5 aromatic rings. The molecule has 1 aliphatic heterocycles. The van der Waals surface area contributed by atoms with E-state index in [-0.39, 0.29) is 34.1 Å². The monoisotopic (exact) mass is 625 g/mol. The lowest BCUT2D eigenvalue weighted by Gasteiger charge is -2.25. The van der Waals surface area contributed by atoms with E-state index in [2.05, 4.69) is 4.18 Å². The van der Waals surface area contributed by atoms with Crippen molar-refractivity contribution in [1.82, 2.24) is 4.57 Å². The van der Waals surface area contributed by atoms with Crippen LogP contribution in [0.4, 0.5) is 0 Å². The van der Waals surface area contributed by atoms with Crippen molar-refractivity contribution in [2.24, 2.45) is 0 Å². The molecule has 0 saturated carbocycles. The maximum Gasteiger partial charge on any atom is 0.446 e. The molecule has 2 N–H and O–H groups in total. The third-order valence-corrected chi connectivity index (χ3v) is 8.02. The summed E-state index contributed by atoms with van der Waals surface area (Å²) < 4.78 is 72.3. The van der Waals surface area contributed by atoms with E-state index in [1.807, 2.05) is 4.57 Å². The van der Waals surface area contributed by atoms with Gasteiger partial charge in [0.1, 0.15) is 11.1 Å². The standard InChI is InChI=1S/C30H27NO12S/c1-37-19-7-6-14(10-18(19)32)24-25-17-12-21(38-2)22(43-44(34,35)36)13-20(17)42-30(33)27(25)31-9-8-15-16(26(24)31)11-23(39-3)29(41-5)28(15)40-4/h6-7,10-13,32H,8-9H2,1-5H3,(H,34,35,36). The molecule has 0 saturated heterocycles. The topological polar surface area (TPSA) is 165 Å². The molecule has 3 heterocycles. The number of benzene rings is 3. The molecule has 0 radical (unpaired) electrons. The van der Waals surface area contributed by atoms with Crippen LogP contribution in [0.15, 0.2) is 45.6 Å². The average molecular weight is 626 g/mol. The third-order valence-electron chi connectivity index (χ3n) is 7.63. The molecule has 44 heavy (non-hydrogen) atoms. The van der Waals surface area contributed by atoms with Crippen LogP contribution in [0.3, 0.4) is 0 Å². The minimum absolute atomic E-state index is 0.0333. The molecule has 14 heteroatoms. The molecule has 2 aromatic heterocycles. The second kappa shape index (κ2) is 10.6. The van der Waals surface area contributed by atoms with Gasteiger partial charge in [-0.15, -0.1) is 0 Å². The first-order valence-corrected chi connectivity index (χ1v) is 14.5. The van der Waals surface area contributed by atoms with Crippen molar-refractivity contribution in [3.8, 4) is 62.6 Å². The Morgan fingerprint density at radius 1 is 0.841 bits per heavy atom. The molecule has 1 aliphatic rings. The van der Waals surface area contributed by atoms with E-state index in [0.717, 1.165) is 11.6 Å². The predicted molar refractivity (Wildman–Crippen MR) is 159 cm³/mol. The van der Waals surface area contributed by atoms with Gasteiger partial charge in [0.15, 0.2) is 34.5 Å². The first kappa shape index (κ1) is 29.0. The smallest absolute Gasteiger partial charge is 0.446 e. The van der Waals surface area contributed by atoms with Gasteiger partial charge in [0.25, 0.3) is 0 Å². The molecule has 6 rings (SSSR count). The van der Waals surface area contributed by atoms with Crippen LogP contribution in [0.1, 0.15) is 5.56 Å². The van der Waals surface area contributed by atoms with Crippen LogP contribution >= 0.6 is 0 Å². The lowest BCUT2D eigenvalue weighted by atomic mass is 9.91. The largest absolute Gasteiger partial charge is 0.504 e. The maximum atomic E-state index is 13.7. The minimum atomic E-state index is -4.93. The van der Waals surface area contributed by atoms with Crippen molar-refractivity contribution in [2.75, 3.05) is 35.5 Å². The number of aromatic hydroxyl groups is 1. The number of fused-ring (bicyclic) bond motifs is 7. The number of methoxy groups -OCH3 is 5. The predicted octanol–water partition coefficient (Wildman–Crippen LogP) is 4.57. The fourth-order valence-corrected chi connectivity index (χ4v) is 6.29. The van der Waals surface area contributed by atoms with Crippen molar-refractivity contribution < 1.29 is 50.4 Å². The van der Waals surface area contributed by atoms with Crippen LogP contribution in [-0.4, -0.2) is 58.2 Å². The van der Waals surface area contributed by atoms with Gasteiger partial charge in [-0.1, -0.05) is 6.07 Å². The number of hydrogen-bond acceptors (Lipinski definition) is 11. The van der Waals surface area contributed by atoms with Crippen molar-refractivity contribution >= 4 is 32.3 Å². The molecular weight excluding hydrogens is 598 g/mol. The van der Waals surface area contributed by atoms with Crippen molar-refractivity contribution in [2.45, 2.75) is 13.0 Å². The van der Waals surface area contributed by atoms with E-state index in [1.54, 1.807) is 18.2 Å². The Balaban J connectivity index is 1.82. The molecule has 0 amide bonds. The SMILES string of the molecule is COc1ccc(-c2c3n(c4c(=O)oc5cc(OS(=O)(=O)O)c(OC)cc5c24)CCc2c-3cc(OC)c(OC)c2OC)cc1O. The fraction of sp³-hybridized carbons (Fsp3) is 0.233. The van der Waals surface area contributed by atoms with Crippen LogP contribution in [0.25, 0.3) is 44.3 Å². The molecule has 0 unspecified atom stereocenters. The van der Waals surface area contributed by atoms with Crippen molar-refractivity contribution in [3.63, 3.8) is 0 Å². The average Bonchev–Trinajstić information content (AvgIpc) is 3.35. The summed E-state index contributed by atoms with van der Waals surface area (Å²) in [6, 6.07) is 9.28. The van der Waals surface area contributed by atoms with Gasteiger partial charge in [0.2, 0.25) is 5.75 Å². The Morgan fingerprint density at radius 3 is 2.16 bits per heavy atom. The summed E-state index contributed by atoms with van der Waals surface area (Å²) in [5.74, 6) is 0.979. The number of hydrogen-bond donors (Lipinski definition) is 2. The van der Waals surface area contributed by atoms with E-state index in [1.165, 1.54) is 47.7 Å². The number of aryl methyl sites for hydroxylation is 1. The zero-order chi connectivity index (χ0) is 31.5. The maximum absolute atomic E-state index is 13.7. The summed E-state index contributed by atoms with van der Waals surface area (Å²) in [6.45, 7) is 0.351. The van der Waals surface area contributed by atoms with E-state index in [0.29, 0.717) is 63.4 Å². The number of ether oxygens (including phenoxy) is 5. The molecule has 0 atom stereocenters. The van der Waals surface area contributed by atoms with E-state index in [9.17, 15) is 22.9 Å². The summed E-state index contributed by atoms with van der Waals surface area (Å²) >= 11 is 0. The Labute approximate surface area is 250 Å². The van der Waals surface area contributed by atoms with Gasteiger partial charge in [-0.05, 0) is 36.2 Å².